The van der Waals surface area contributed by atoms with E-state index in [2.05, 4.69) is 25.2 Å². The molecule has 2 aliphatic carbocycles. The fraction of sp³-hybridized carbons (Fsp3) is 0.870. The van der Waals surface area contributed by atoms with Crippen LogP contribution >= 0.6 is 0 Å². The second kappa shape index (κ2) is 12.5. The first-order valence-electron chi connectivity index (χ1n) is 10.7. The van der Waals surface area contributed by atoms with E-state index in [9.17, 15) is 14.3 Å². The van der Waals surface area contributed by atoms with Crippen LogP contribution < -0.4 is 5.32 Å². The maximum absolute atomic E-state index is 11.3. The van der Waals surface area contributed by atoms with E-state index in [0.29, 0.717) is 0 Å². The largest absolute Gasteiger partial charge is 0.391 e. The smallest absolute Gasteiger partial charge is 0.222 e. The molecular weight excluding hydrogens is 341 g/mol. The Morgan fingerprint density at radius 3 is 2.22 bits per heavy atom. The summed E-state index contributed by atoms with van der Waals surface area (Å²) in [5.74, 6) is 1.20. The number of allylic oxidation sites excluding steroid dienone is 2. The van der Waals surface area contributed by atoms with Gasteiger partial charge in [-0.3, -0.25) is 9.18 Å². The van der Waals surface area contributed by atoms with E-state index in [0.717, 1.165) is 11.3 Å². The van der Waals surface area contributed by atoms with Gasteiger partial charge < -0.3 is 10.4 Å². The average molecular weight is 386 g/mol. The zero-order chi connectivity index (χ0) is 21.2. The van der Waals surface area contributed by atoms with Gasteiger partial charge in [0.05, 0.1) is 18.8 Å². The summed E-state index contributed by atoms with van der Waals surface area (Å²) in [6, 6.07) is -0.144. The number of hydrogen-bond acceptors (Lipinski definition) is 2. The highest BCUT2D eigenvalue weighted by atomic mass is 19.1. The molecule has 0 bridgehead atoms. The lowest BCUT2D eigenvalue weighted by atomic mass is 9.52. The van der Waals surface area contributed by atoms with Gasteiger partial charge >= 0.3 is 0 Å². The Balaban J connectivity index is 0.000000440. The molecule has 27 heavy (non-hydrogen) atoms. The van der Waals surface area contributed by atoms with E-state index in [1.54, 1.807) is 12.5 Å². The molecule has 1 amide bonds. The maximum atomic E-state index is 11.3. The molecule has 0 heterocycles. The van der Waals surface area contributed by atoms with Crippen LogP contribution in [0.4, 0.5) is 4.39 Å². The Labute approximate surface area is 167 Å². The van der Waals surface area contributed by atoms with E-state index >= 15 is 0 Å². The molecule has 4 atom stereocenters. The quantitative estimate of drug-likeness (QED) is 0.612. The second-order valence-corrected chi connectivity index (χ2v) is 8.93. The molecule has 2 rings (SSSR count). The molecule has 2 fully saturated rings. The number of fused-ring (bicyclic) bond motifs is 1. The van der Waals surface area contributed by atoms with Gasteiger partial charge in [-0.15, -0.1) is 0 Å². The fourth-order valence-corrected chi connectivity index (χ4v) is 4.18. The summed E-state index contributed by atoms with van der Waals surface area (Å²) in [5, 5.41) is 12.2. The van der Waals surface area contributed by atoms with Gasteiger partial charge in [0.15, 0.2) is 0 Å². The van der Waals surface area contributed by atoms with Crippen LogP contribution in [0, 0.1) is 23.2 Å². The van der Waals surface area contributed by atoms with Gasteiger partial charge in [0.25, 0.3) is 0 Å². The normalized spacial score (nSPS) is 27.4. The second-order valence-electron chi connectivity index (χ2n) is 8.93. The monoisotopic (exact) mass is 385 g/mol. The van der Waals surface area contributed by atoms with Gasteiger partial charge in [-0.1, -0.05) is 59.1 Å². The molecule has 0 aliphatic heterocycles. The maximum Gasteiger partial charge on any atom is 0.222 e. The van der Waals surface area contributed by atoms with Crippen LogP contribution in [0.15, 0.2) is 11.6 Å². The molecule has 0 saturated heterocycles. The van der Waals surface area contributed by atoms with Gasteiger partial charge in [-0.05, 0) is 57.3 Å². The third kappa shape index (κ3) is 8.33. The van der Waals surface area contributed by atoms with E-state index in [1.807, 2.05) is 27.7 Å². The number of aliphatic hydroxyl groups excluding tert-OH is 1. The van der Waals surface area contributed by atoms with Crippen molar-refractivity contribution in [2.75, 3.05) is 6.67 Å². The number of hydrogen-bond donors (Lipinski definition) is 2. The predicted octanol–water partition coefficient (Wildman–Crippen LogP) is 5.67. The predicted molar refractivity (Wildman–Crippen MR) is 113 cm³/mol. The Morgan fingerprint density at radius 2 is 1.85 bits per heavy atom. The Kier molecular flexibility index (Phi) is 12.1. The SMILES string of the molecule is C/C=C1\CC2(C)CCCCC12.CC(C)C(=O)NC(C(C)C)C(C)O.CCF. The summed E-state index contributed by atoms with van der Waals surface area (Å²) in [5.41, 5.74) is 2.47. The van der Waals surface area contributed by atoms with Crippen LogP contribution in [0.1, 0.15) is 87.5 Å². The third-order valence-electron chi connectivity index (χ3n) is 5.83. The molecule has 2 saturated carbocycles. The van der Waals surface area contributed by atoms with Crippen LogP contribution in [0.25, 0.3) is 0 Å². The van der Waals surface area contributed by atoms with Gasteiger partial charge in [-0.25, -0.2) is 0 Å². The number of nitrogens with one attached hydrogen (secondary N) is 1. The number of carbonyl (C=O) groups is 1. The first-order chi connectivity index (χ1) is 12.5. The van der Waals surface area contributed by atoms with E-state index in [1.165, 1.54) is 39.0 Å². The molecule has 0 radical (unpaired) electrons. The molecule has 4 unspecified atom stereocenters. The van der Waals surface area contributed by atoms with Gasteiger partial charge in [0, 0.05) is 5.92 Å². The first kappa shape index (κ1) is 26.1. The molecule has 3 nitrogen and oxygen atoms in total. The lowest BCUT2D eigenvalue weighted by Gasteiger charge is -2.53. The number of aliphatic hydroxyl groups is 1. The summed E-state index contributed by atoms with van der Waals surface area (Å²) in [6.07, 6.45) is 9.14. The highest BCUT2D eigenvalue weighted by Gasteiger charge is 2.46. The van der Waals surface area contributed by atoms with Gasteiger partial charge in [-0.2, -0.15) is 0 Å². The lowest BCUT2D eigenvalue weighted by molar-refractivity contribution is -0.126. The number of rotatable bonds is 4. The lowest BCUT2D eigenvalue weighted by Crippen LogP contribution is -2.46. The van der Waals surface area contributed by atoms with Crippen molar-refractivity contribution in [2.24, 2.45) is 23.2 Å². The summed E-state index contributed by atoms with van der Waals surface area (Å²) in [6.45, 7) is 15.2. The molecule has 2 aliphatic rings. The number of alkyl halides is 1. The number of halogens is 1. The summed E-state index contributed by atoms with van der Waals surface area (Å²) in [7, 11) is 0. The van der Waals surface area contributed by atoms with Crippen molar-refractivity contribution in [2.45, 2.75) is 99.6 Å². The van der Waals surface area contributed by atoms with Crippen LogP contribution in [-0.4, -0.2) is 29.8 Å². The van der Waals surface area contributed by atoms with Crippen LogP contribution in [0.5, 0.6) is 0 Å². The minimum atomic E-state index is -0.498. The zero-order valence-corrected chi connectivity index (χ0v) is 18.9. The molecule has 4 heteroatoms. The molecule has 160 valence electrons. The average Bonchev–Trinajstić information content (AvgIpc) is 2.56. The fourth-order valence-electron chi connectivity index (χ4n) is 4.18. The summed E-state index contributed by atoms with van der Waals surface area (Å²) < 4.78 is 10.3. The Hall–Kier alpha value is -0.900. The van der Waals surface area contributed by atoms with E-state index in [-0.39, 0.29) is 30.5 Å². The molecular formula is C23H44FNO2. The van der Waals surface area contributed by atoms with Crippen molar-refractivity contribution in [3.8, 4) is 0 Å². The standard InChI is InChI=1S/C11H18.C10H21NO2.C2H5F/c1-3-9-8-11(2)7-5-4-6-10(9)11;1-6(2)9(8(5)12)11-10(13)7(3)4;1-2-3/h3,10H,4-8H2,1-2H3;6-9,12H,1-5H3,(H,11,13);2H2,1H3/b9-3+;;. The van der Waals surface area contributed by atoms with Crippen LogP contribution in [0.3, 0.4) is 0 Å². The molecule has 0 aromatic rings. The molecule has 0 spiro atoms. The van der Waals surface area contributed by atoms with Crippen molar-refractivity contribution in [3.63, 3.8) is 0 Å². The van der Waals surface area contributed by atoms with E-state index in [4.69, 9.17) is 0 Å². The van der Waals surface area contributed by atoms with Crippen LogP contribution in [-0.2, 0) is 4.79 Å². The Morgan fingerprint density at radius 1 is 1.30 bits per heavy atom. The van der Waals surface area contributed by atoms with Gasteiger partial charge in [0.2, 0.25) is 5.91 Å². The number of amides is 1. The molecule has 0 aromatic heterocycles. The minimum Gasteiger partial charge on any atom is -0.391 e. The third-order valence-corrected chi connectivity index (χ3v) is 5.83. The highest BCUT2D eigenvalue weighted by molar-refractivity contribution is 5.78. The number of carbonyl (C=O) groups excluding carboxylic acids is 1. The van der Waals surface area contributed by atoms with Crippen molar-refractivity contribution < 1.29 is 14.3 Å². The van der Waals surface area contributed by atoms with Crippen LogP contribution in [0.2, 0.25) is 0 Å². The highest BCUT2D eigenvalue weighted by Crippen LogP contribution is 2.58. The summed E-state index contributed by atoms with van der Waals surface area (Å²) >= 11 is 0. The van der Waals surface area contributed by atoms with Crippen molar-refractivity contribution in [1.29, 1.82) is 0 Å². The van der Waals surface area contributed by atoms with Crippen molar-refractivity contribution in [1.82, 2.24) is 5.32 Å². The molecule has 0 aromatic carbocycles. The Bertz CT molecular complexity index is 451. The van der Waals surface area contributed by atoms with Gasteiger partial charge in [0.1, 0.15) is 0 Å². The minimum absolute atomic E-state index is 0.000370. The van der Waals surface area contributed by atoms with E-state index < -0.39 is 6.10 Å². The first-order valence-corrected chi connectivity index (χ1v) is 10.7. The topological polar surface area (TPSA) is 49.3 Å². The van der Waals surface area contributed by atoms with Crippen molar-refractivity contribution >= 4 is 5.91 Å². The summed E-state index contributed by atoms with van der Waals surface area (Å²) in [4.78, 5) is 11.3. The van der Waals surface area contributed by atoms with Crippen molar-refractivity contribution in [3.05, 3.63) is 11.6 Å². The molecule has 2 N–H and O–H groups in total. The zero-order valence-electron chi connectivity index (χ0n) is 18.9.